The first-order valence-electron chi connectivity index (χ1n) is 11.2. The number of thiophene rings is 1. The summed E-state index contributed by atoms with van der Waals surface area (Å²) in [5, 5.41) is 13.5. The van der Waals surface area contributed by atoms with Gasteiger partial charge in [0.05, 0.1) is 19.1 Å². The predicted octanol–water partition coefficient (Wildman–Crippen LogP) is 4.50. The van der Waals surface area contributed by atoms with Crippen LogP contribution in [0.5, 0.6) is 0 Å². The van der Waals surface area contributed by atoms with Crippen molar-refractivity contribution in [2.24, 2.45) is 4.99 Å². The molecule has 0 saturated carbocycles. The van der Waals surface area contributed by atoms with Gasteiger partial charge in [0, 0.05) is 30.4 Å². The molecule has 6 nitrogen and oxygen atoms in total. The van der Waals surface area contributed by atoms with Crippen molar-refractivity contribution in [2.75, 3.05) is 26.2 Å². The second kappa shape index (κ2) is 13.0. The molecule has 2 N–H and O–H groups in total. The van der Waals surface area contributed by atoms with E-state index in [1.807, 2.05) is 34.5 Å². The zero-order valence-electron chi connectivity index (χ0n) is 18.6. The van der Waals surface area contributed by atoms with Gasteiger partial charge in [0.1, 0.15) is 0 Å². The van der Waals surface area contributed by atoms with Crippen LogP contribution in [0.4, 0.5) is 0 Å². The Labute approximate surface area is 212 Å². The highest BCUT2D eigenvalue weighted by Crippen LogP contribution is 2.27. The summed E-state index contributed by atoms with van der Waals surface area (Å²) < 4.78 is 1.95. The number of rotatable bonds is 9. The highest BCUT2D eigenvalue weighted by molar-refractivity contribution is 14.0. The first-order valence-corrected chi connectivity index (χ1v) is 12.1. The molecule has 1 saturated heterocycles. The van der Waals surface area contributed by atoms with Crippen LogP contribution in [0.25, 0.3) is 0 Å². The van der Waals surface area contributed by atoms with Crippen LogP contribution in [-0.4, -0.2) is 46.8 Å². The van der Waals surface area contributed by atoms with Crippen LogP contribution in [-0.2, 0) is 13.1 Å². The topological polar surface area (TPSA) is 57.5 Å². The molecular weight excluding hydrogens is 531 g/mol. The lowest BCUT2D eigenvalue weighted by atomic mass is 10.1. The SMILES string of the molecule is CCNC(=NCc1ccccc1Cn1cccn1)NCC(c1cccs1)N1CCCC1.I. The van der Waals surface area contributed by atoms with Crippen molar-refractivity contribution in [2.45, 2.75) is 38.9 Å². The van der Waals surface area contributed by atoms with E-state index in [9.17, 15) is 0 Å². The number of halogens is 1. The molecule has 32 heavy (non-hydrogen) atoms. The summed E-state index contributed by atoms with van der Waals surface area (Å²) in [5.41, 5.74) is 2.48. The third kappa shape index (κ3) is 6.79. The quantitative estimate of drug-likeness (QED) is 0.228. The number of hydrogen-bond donors (Lipinski definition) is 2. The van der Waals surface area contributed by atoms with Crippen LogP contribution in [0.15, 0.2) is 65.2 Å². The minimum absolute atomic E-state index is 0. The third-order valence-corrected chi connectivity index (χ3v) is 6.65. The molecule has 1 aliphatic rings. The second-order valence-electron chi connectivity index (χ2n) is 7.82. The zero-order valence-corrected chi connectivity index (χ0v) is 21.8. The van der Waals surface area contributed by atoms with Gasteiger partial charge in [-0.1, -0.05) is 30.3 Å². The molecule has 1 aliphatic heterocycles. The maximum Gasteiger partial charge on any atom is 0.191 e. The molecule has 4 rings (SSSR count). The van der Waals surface area contributed by atoms with E-state index in [4.69, 9.17) is 4.99 Å². The molecule has 0 bridgehead atoms. The molecule has 0 amide bonds. The molecule has 1 unspecified atom stereocenters. The van der Waals surface area contributed by atoms with Crippen molar-refractivity contribution in [1.82, 2.24) is 25.3 Å². The van der Waals surface area contributed by atoms with E-state index < -0.39 is 0 Å². The lowest BCUT2D eigenvalue weighted by Gasteiger charge is -2.27. The fourth-order valence-corrected chi connectivity index (χ4v) is 4.94. The van der Waals surface area contributed by atoms with E-state index in [1.165, 1.54) is 41.9 Å². The number of guanidine groups is 1. The van der Waals surface area contributed by atoms with Crippen LogP contribution in [0, 0.1) is 0 Å². The van der Waals surface area contributed by atoms with Crippen LogP contribution in [0.2, 0.25) is 0 Å². The third-order valence-electron chi connectivity index (χ3n) is 5.68. The van der Waals surface area contributed by atoms with Gasteiger partial charge in [-0.3, -0.25) is 9.58 Å². The molecule has 172 valence electrons. The van der Waals surface area contributed by atoms with E-state index in [1.54, 1.807) is 0 Å². The minimum Gasteiger partial charge on any atom is -0.357 e. The maximum atomic E-state index is 4.90. The maximum absolute atomic E-state index is 4.90. The Kier molecular flexibility index (Phi) is 10.0. The number of benzene rings is 1. The Bertz CT molecular complexity index is 935. The first-order chi connectivity index (χ1) is 15.3. The predicted molar refractivity (Wildman–Crippen MR) is 144 cm³/mol. The van der Waals surface area contributed by atoms with Gasteiger partial charge in [0.15, 0.2) is 5.96 Å². The smallest absolute Gasteiger partial charge is 0.191 e. The van der Waals surface area contributed by atoms with Crippen LogP contribution in [0.3, 0.4) is 0 Å². The first kappa shape index (κ1) is 24.7. The van der Waals surface area contributed by atoms with Gasteiger partial charge in [-0.2, -0.15) is 5.10 Å². The van der Waals surface area contributed by atoms with Crippen molar-refractivity contribution in [3.8, 4) is 0 Å². The van der Waals surface area contributed by atoms with Gasteiger partial charge in [0.2, 0.25) is 0 Å². The Morgan fingerprint density at radius 2 is 1.91 bits per heavy atom. The summed E-state index contributed by atoms with van der Waals surface area (Å²) >= 11 is 1.85. The van der Waals surface area contributed by atoms with Crippen molar-refractivity contribution in [1.29, 1.82) is 0 Å². The van der Waals surface area contributed by atoms with E-state index in [0.717, 1.165) is 25.6 Å². The number of hydrogen-bond acceptors (Lipinski definition) is 4. The second-order valence-corrected chi connectivity index (χ2v) is 8.80. The summed E-state index contributed by atoms with van der Waals surface area (Å²) in [7, 11) is 0. The number of aliphatic imine (C=N–C) groups is 1. The number of likely N-dealkylation sites (tertiary alicyclic amines) is 1. The molecule has 1 fully saturated rings. The van der Waals surface area contributed by atoms with Gasteiger partial charge >= 0.3 is 0 Å². The van der Waals surface area contributed by atoms with Crippen molar-refractivity contribution < 1.29 is 0 Å². The summed E-state index contributed by atoms with van der Waals surface area (Å²) in [6.07, 6.45) is 6.40. The van der Waals surface area contributed by atoms with E-state index in [-0.39, 0.29) is 24.0 Å². The van der Waals surface area contributed by atoms with Crippen molar-refractivity contribution >= 4 is 41.3 Å². The standard InChI is InChI=1S/C24H32N6S.HI/c1-2-25-24(27-18-22(23-11-7-16-31-23)29-13-5-6-14-29)26-17-20-9-3-4-10-21(20)19-30-15-8-12-28-30;/h3-4,7-12,15-16,22H,2,5-6,13-14,17-19H2,1H3,(H2,25,26,27);1H. The Balaban J connectivity index is 0.00000289. The van der Waals surface area contributed by atoms with Gasteiger partial charge in [-0.05, 0) is 61.5 Å². The fraction of sp³-hybridized carbons (Fsp3) is 0.417. The Hall–Kier alpha value is -1.91. The average molecular weight is 565 g/mol. The molecule has 3 heterocycles. The van der Waals surface area contributed by atoms with Crippen molar-refractivity contribution in [3.63, 3.8) is 0 Å². The lowest BCUT2D eigenvalue weighted by Crippen LogP contribution is -2.42. The molecule has 0 aliphatic carbocycles. The number of nitrogens with zero attached hydrogens (tertiary/aromatic N) is 4. The Morgan fingerprint density at radius 1 is 1.09 bits per heavy atom. The summed E-state index contributed by atoms with van der Waals surface area (Å²) in [6, 6.07) is 15.2. The molecular formula is C24H33IN6S. The molecule has 8 heteroatoms. The molecule has 1 aromatic carbocycles. The molecule has 0 spiro atoms. The molecule has 3 aromatic rings. The van der Waals surface area contributed by atoms with E-state index >= 15 is 0 Å². The summed E-state index contributed by atoms with van der Waals surface area (Å²) in [4.78, 5) is 8.93. The van der Waals surface area contributed by atoms with Crippen molar-refractivity contribution in [3.05, 3.63) is 76.2 Å². The highest BCUT2D eigenvalue weighted by Gasteiger charge is 2.24. The summed E-state index contributed by atoms with van der Waals surface area (Å²) in [5.74, 6) is 0.872. The zero-order chi connectivity index (χ0) is 21.3. The minimum atomic E-state index is 0. The van der Waals surface area contributed by atoms with Gasteiger partial charge in [-0.15, -0.1) is 35.3 Å². The highest BCUT2D eigenvalue weighted by atomic mass is 127. The normalized spacial score (nSPS) is 15.3. The van der Waals surface area contributed by atoms with Gasteiger partial charge in [0.25, 0.3) is 0 Å². The molecule has 2 aromatic heterocycles. The van der Waals surface area contributed by atoms with E-state index in [2.05, 4.69) is 69.3 Å². The van der Waals surface area contributed by atoms with Crippen LogP contribution < -0.4 is 10.6 Å². The van der Waals surface area contributed by atoms with Crippen LogP contribution in [0.1, 0.15) is 41.8 Å². The molecule has 1 atom stereocenters. The number of nitrogens with one attached hydrogen (secondary N) is 2. The van der Waals surface area contributed by atoms with Gasteiger partial charge < -0.3 is 10.6 Å². The van der Waals surface area contributed by atoms with Crippen LogP contribution >= 0.6 is 35.3 Å². The fourth-order valence-electron chi connectivity index (χ4n) is 4.08. The molecule has 0 radical (unpaired) electrons. The Morgan fingerprint density at radius 3 is 2.59 bits per heavy atom. The van der Waals surface area contributed by atoms with Gasteiger partial charge in [-0.25, -0.2) is 4.99 Å². The largest absolute Gasteiger partial charge is 0.357 e. The lowest BCUT2D eigenvalue weighted by molar-refractivity contribution is 0.249. The van der Waals surface area contributed by atoms with E-state index in [0.29, 0.717) is 12.6 Å². The average Bonchev–Trinajstić information content (AvgIpc) is 3.57. The summed E-state index contributed by atoms with van der Waals surface area (Å²) in [6.45, 7) is 7.57. The monoisotopic (exact) mass is 564 g/mol. The number of aromatic nitrogens is 2.